The van der Waals surface area contributed by atoms with Gasteiger partial charge in [-0.05, 0) is 30.5 Å². The number of hydrogen-bond donors (Lipinski definition) is 2. The smallest absolute Gasteiger partial charge is 0.326 e. The van der Waals surface area contributed by atoms with Crippen molar-refractivity contribution in [3.8, 4) is 0 Å². The van der Waals surface area contributed by atoms with E-state index in [0.29, 0.717) is 24.9 Å². The summed E-state index contributed by atoms with van der Waals surface area (Å²) in [5.74, 6) is -1.33. The molecular weight excluding hydrogens is 284 g/mol. The number of rotatable bonds is 6. The number of amides is 2. The van der Waals surface area contributed by atoms with Crippen LogP contribution in [0.1, 0.15) is 42.1 Å². The standard InChI is InChI=1S/C16H20N2O4/c1-2-13(16(21)22)17-15(20)12-6-3-5-11(9-12)10-18-8-4-7-14(18)19/h3,5-6,9,13H,2,4,7-8,10H2,1H3,(H,17,20)(H,21,22). The minimum atomic E-state index is -1.05. The molecule has 6 nitrogen and oxygen atoms in total. The highest BCUT2D eigenvalue weighted by Gasteiger charge is 2.21. The summed E-state index contributed by atoms with van der Waals surface area (Å²) in [4.78, 5) is 36.5. The highest BCUT2D eigenvalue weighted by atomic mass is 16.4. The lowest BCUT2D eigenvalue weighted by molar-refractivity contribution is -0.139. The van der Waals surface area contributed by atoms with Crippen molar-refractivity contribution in [2.75, 3.05) is 6.54 Å². The maximum atomic E-state index is 12.1. The van der Waals surface area contributed by atoms with Gasteiger partial charge in [0.2, 0.25) is 5.91 Å². The van der Waals surface area contributed by atoms with Crippen molar-refractivity contribution < 1.29 is 19.5 Å². The van der Waals surface area contributed by atoms with Gasteiger partial charge in [-0.3, -0.25) is 9.59 Å². The van der Waals surface area contributed by atoms with Crippen molar-refractivity contribution in [3.63, 3.8) is 0 Å². The molecule has 1 unspecified atom stereocenters. The third-order valence-corrected chi connectivity index (χ3v) is 3.75. The molecule has 0 aliphatic carbocycles. The summed E-state index contributed by atoms with van der Waals surface area (Å²) < 4.78 is 0. The van der Waals surface area contributed by atoms with Gasteiger partial charge in [0.25, 0.3) is 5.91 Å². The Hall–Kier alpha value is -2.37. The van der Waals surface area contributed by atoms with E-state index in [-0.39, 0.29) is 5.91 Å². The van der Waals surface area contributed by atoms with Gasteiger partial charge < -0.3 is 15.3 Å². The minimum Gasteiger partial charge on any atom is -0.480 e. The molecule has 6 heteroatoms. The maximum absolute atomic E-state index is 12.1. The fraction of sp³-hybridized carbons (Fsp3) is 0.438. The molecule has 118 valence electrons. The molecule has 1 aliphatic heterocycles. The number of carbonyl (C=O) groups excluding carboxylic acids is 2. The zero-order valence-electron chi connectivity index (χ0n) is 12.5. The molecule has 0 spiro atoms. The Labute approximate surface area is 129 Å². The van der Waals surface area contributed by atoms with E-state index in [0.717, 1.165) is 18.5 Å². The Morgan fingerprint density at radius 3 is 2.77 bits per heavy atom. The van der Waals surface area contributed by atoms with Crippen LogP contribution in [0.5, 0.6) is 0 Å². The van der Waals surface area contributed by atoms with Gasteiger partial charge in [0.1, 0.15) is 6.04 Å². The van der Waals surface area contributed by atoms with Crippen molar-refractivity contribution in [1.29, 1.82) is 0 Å². The van der Waals surface area contributed by atoms with Crippen LogP contribution in [0.25, 0.3) is 0 Å². The average Bonchev–Trinajstić information content (AvgIpc) is 2.89. The van der Waals surface area contributed by atoms with Crippen molar-refractivity contribution >= 4 is 17.8 Å². The van der Waals surface area contributed by atoms with Crippen LogP contribution in [0.4, 0.5) is 0 Å². The Morgan fingerprint density at radius 2 is 2.18 bits per heavy atom. The molecule has 0 bridgehead atoms. The van der Waals surface area contributed by atoms with E-state index in [1.54, 1.807) is 30.0 Å². The molecule has 1 atom stereocenters. The molecule has 2 amide bonds. The Morgan fingerprint density at radius 1 is 1.41 bits per heavy atom. The number of nitrogens with one attached hydrogen (secondary N) is 1. The molecule has 22 heavy (non-hydrogen) atoms. The number of hydrogen-bond acceptors (Lipinski definition) is 3. The number of nitrogens with zero attached hydrogens (tertiary/aromatic N) is 1. The van der Waals surface area contributed by atoms with Crippen molar-refractivity contribution in [2.24, 2.45) is 0 Å². The molecule has 1 aliphatic rings. The third-order valence-electron chi connectivity index (χ3n) is 3.75. The van der Waals surface area contributed by atoms with Crippen LogP contribution in [-0.2, 0) is 16.1 Å². The molecule has 1 fully saturated rings. The second kappa shape index (κ2) is 7.06. The Balaban J connectivity index is 2.05. The van der Waals surface area contributed by atoms with Gasteiger partial charge in [0, 0.05) is 25.1 Å². The van der Waals surface area contributed by atoms with E-state index in [1.807, 2.05) is 6.07 Å². The predicted octanol–water partition coefficient (Wildman–Crippen LogP) is 1.40. The molecule has 1 aromatic rings. The minimum absolute atomic E-state index is 0.131. The van der Waals surface area contributed by atoms with Crippen molar-refractivity contribution in [2.45, 2.75) is 38.8 Å². The number of carboxylic acid groups (broad SMARTS) is 1. The summed E-state index contributed by atoms with van der Waals surface area (Å²) in [5, 5.41) is 11.5. The first kappa shape index (κ1) is 16.0. The van der Waals surface area contributed by atoms with Crippen LogP contribution in [0.3, 0.4) is 0 Å². The Bertz CT molecular complexity index is 585. The van der Waals surface area contributed by atoms with Crippen LogP contribution >= 0.6 is 0 Å². The second-order valence-electron chi connectivity index (χ2n) is 5.39. The van der Waals surface area contributed by atoms with Gasteiger partial charge in [-0.25, -0.2) is 4.79 Å². The monoisotopic (exact) mass is 304 g/mol. The van der Waals surface area contributed by atoms with Crippen LogP contribution in [0.2, 0.25) is 0 Å². The summed E-state index contributed by atoms with van der Waals surface area (Å²) in [6.07, 6.45) is 1.77. The molecule has 1 aromatic carbocycles. The average molecular weight is 304 g/mol. The lowest BCUT2D eigenvalue weighted by atomic mass is 10.1. The van der Waals surface area contributed by atoms with E-state index in [1.165, 1.54) is 0 Å². The predicted molar refractivity (Wildman–Crippen MR) is 80.3 cm³/mol. The normalized spacial score (nSPS) is 15.7. The first-order valence-electron chi connectivity index (χ1n) is 7.41. The third kappa shape index (κ3) is 3.84. The molecule has 0 aromatic heterocycles. The van der Waals surface area contributed by atoms with E-state index in [4.69, 9.17) is 5.11 Å². The first-order valence-corrected chi connectivity index (χ1v) is 7.41. The number of carbonyl (C=O) groups is 3. The van der Waals surface area contributed by atoms with Crippen LogP contribution in [-0.4, -0.2) is 40.4 Å². The second-order valence-corrected chi connectivity index (χ2v) is 5.39. The quantitative estimate of drug-likeness (QED) is 0.831. The zero-order valence-corrected chi connectivity index (χ0v) is 12.5. The molecular formula is C16H20N2O4. The molecule has 0 saturated carbocycles. The highest BCUT2D eigenvalue weighted by molar-refractivity contribution is 5.96. The van der Waals surface area contributed by atoms with Crippen LogP contribution < -0.4 is 5.32 Å². The number of aliphatic carboxylic acids is 1. The van der Waals surface area contributed by atoms with Gasteiger partial charge in [-0.1, -0.05) is 19.1 Å². The van der Waals surface area contributed by atoms with Crippen molar-refractivity contribution in [1.82, 2.24) is 10.2 Å². The Kier molecular flexibility index (Phi) is 5.14. The number of carboxylic acids is 1. The van der Waals surface area contributed by atoms with Gasteiger partial charge in [-0.15, -0.1) is 0 Å². The lowest BCUT2D eigenvalue weighted by Crippen LogP contribution is -2.40. The maximum Gasteiger partial charge on any atom is 0.326 e. The fourth-order valence-corrected chi connectivity index (χ4v) is 2.48. The summed E-state index contributed by atoms with van der Waals surface area (Å²) in [5.41, 5.74) is 1.27. The number of benzene rings is 1. The van der Waals surface area contributed by atoms with E-state index in [2.05, 4.69) is 5.32 Å². The summed E-state index contributed by atoms with van der Waals surface area (Å²) in [6.45, 7) is 2.93. The lowest BCUT2D eigenvalue weighted by Gasteiger charge is -2.16. The summed E-state index contributed by atoms with van der Waals surface area (Å²) in [7, 11) is 0. The first-order chi connectivity index (χ1) is 10.5. The van der Waals surface area contributed by atoms with Gasteiger partial charge in [0.15, 0.2) is 0 Å². The van der Waals surface area contributed by atoms with Crippen LogP contribution in [0.15, 0.2) is 24.3 Å². The zero-order chi connectivity index (χ0) is 16.1. The highest BCUT2D eigenvalue weighted by Crippen LogP contribution is 2.15. The van der Waals surface area contributed by atoms with E-state index < -0.39 is 17.9 Å². The van der Waals surface area contributed by atoms with Crippen molar-refractivity contribution in [3.05, 3.63) is 35.4 Å². The molecule has 1 saturated heterocycles. The summed E-state index contributed by atoms with van der Waals surface area (Å²) >= 11 is 0. The molecule has 1 heterocycles. The van der Waals surface area contributed by atoms with E-state index in [9.17, 15) is 14.4 Å². The number of likely N-dealkylation sites (tertiary alicyclic amines) is 1. The molecule has 0 radical (unpaired) electrons. The molecule has 2 rings (SSSR count). The largest absolute Gasteiger partial charge is 0.480 e. The van der Waals surface area contributed by atoms with Crippen LogP contribution in [0, 0.1) is 0 Å². The fourth-order valence-electron chi connectivity index (χ4n) is 2.48. The van der Waals surface area contributed by atoms with E-state index >= 15 is 0 Å². The van der Waals surface area contributed by atoms with Gasteiger partial charge in [-0.2, -0.15) is 0 Å². The summed E-state index contributed by atoms with van der Waals surface area (Å²) in [6, 6.07) is 6.05. The van der Waals surface area contributed by atoms with Gasteiger partial charge >= 0.3 is 5.97 Å². The SMILES string of the molecule is CCC(NC(=O)c1cccc(CN2CCCC2=O)c1)C(=O)O. The topological polar surface area (TPSA) is 86.7 Å². The molecule has 2 N–H and O–H groups in total. The van der Waals surface area contributed by atoms with Gasteiger partial charge in [0.05, 0.1) is 0 Å².